The third-order valence-corrected chi connectivity index (χ3v) is 8.37. The number of nitrogens with zero attached hydrogens (tertiary/aromatic N) is 6. The first kappa shape index (κ1) is 28.1. The fourth-order valence-electron chi connectivity index (χ4n) is 4.84. The first-order valence-corrected chi connectivity index (χ1v) is 15.0. The summed E-state index contributed by atoms with van der Waals surface area (Å²) in [7, 11) is 5.04. The lowest BCUT2D eigenvalue weighted by Gasteiger charge is -2.35. The Labute approximate surface area is 249 Å². The third kappa shape index (κ3) is 6.72. The van der Waals surface area contributed by atoms with Crippen molar-refractivity contribution in [2.75, 3.05) is 76.2 Å². The maximum atomic E-state index is 5.53. The van der Waals surface area contributed by atoms with Crippen LogP contribution in [-0.4, -0.2) is 91.5 Å². The quantitative estimate of drug-likeness (QED) is 0.239. The molecule has 12 heteroatoms. The van der Waals surface area contributed by atoms with E-state index in [0.717, 1.165) is 90.6 Å². The van der Waals surface area contributed by atoms with Crippen molar-refractivity contribution in [3.63, 3.8) is 0 Å². The molecule has 0 radical (unpaired) electrons. The van der Waals surface area contributed by atoms with Gasteiger partial charge in [0, 0.05) is 63.7 Å². The Morgan fingerprint density at radius 3 is 2.38 bits per heavy atom. The minimum absolute atomic E-state index is 0.481. The van der Waals surface area contributed by atoms with E-state index in [4.69, 9.17) is 29.2 Å². The number of pyridine rings is 1. The van der Waals surface area contributed by atoms with Gasteiger partial charge in [-0.25, -0.2) is 19.9 Å². The summed E-state index contributed by atoms with van der Waals surface area (Å²) in [6, 6.07) is 12.2. The Morgan fingerprint density at radius 1 is 0.929 bits per heavy atom. The van der Waals surface area contributed by atoms with E-state index in [-0.39, 0.29) is 0 Å². The van der Waals surface area contributed by atoms with E-state index in [1.807, 2.05) is 42.6 Å². The Hall–Kier alpha value is -4.00. The largest absolute Gasteiger partial charge is 0.497 e. The minimum atomic E-state index is 0.481. The number of hydrogen-bond donors (Lipinski definition) is 2. The molecule has 1 saturated heterocycles. The molecule has 42 heavy (non-hydrogen) atoms. The summed E-state index contributed by atoms with van der Waals surface area (Å²) in [5.74, 6) is 2.87. The van der Waals surface area contributed by atoms with Crippen LogP contribution >= 0.6 is 11.3 Å². The first-order valence-electron chi connectivity index (χ1n) is 14.2. The van der Waals surface area contributed by atoms with Crippen molar-refractivity contribution < 1.29 is 14.2 Å². The van der Waals surface area contributed by atoms with Gasteiger partial charge >= 0.3 is 0 Å². The molecular formula is C30H36N8O3S. The van der Waals surface area contributed by atoms with Crippen molar-refractivity contribution >= 4 is 33.9 Å². The molecule has 0 spiro atoms. The second-order valence-corrected chi connectivity index (χ2v) is 11.3. The van der Waals surface area contributed by atoms with Crippen LogP contribution in [0.25, 0.3) is 21.8 Å². The molecule has 0 bridgehead atoms. The molecule has 3 aromatic heterocycles. The lowest BCUT2D eigenvalue weighted by molar-refractivity contribution is 0.144. The van der Waals surface area contributed by atoms with Gasteiger partial charge in [-0.05, 0) is 43.2 Å². The highest BCUT2D eigenvalue weighted by molar-refractivity contribution is 7.19. The first-order chi connectivity index (χ1) is 20.6. The average Bonchev–Trinajstić information content (AvgIpc) is 3.75. The maximum absolute atomic E-state index is 5.53. The Balaban J connectivity index is 1.20. The number of nitrogens with one attached hydrogen (secondary N) is 2. The number of methoxy groups -OCH3 is 3. The lowest BCUT2D eigenvalue weighted by Crippen LogP contribution is -2.47. The summed E-state index contributed by atoms with van der Waals surface area (Å²) in [5, 5.41) is 7.73. The number of rotatable bonds is 12. The van der Waals surface area contributed by atoms with E-state index in [1.54, 1.807) is 38.9 Å². The summed E-state index contributed by atoms with van der Waals surface area (Å²) in [6.45, 7) is 5.64. The average molecular weight is 589 g/mol. The zero-order valence-electron chi connectivity index (χ0n) is 24.2. The second-order valence-electron chi connectivity index (χ2n) is 10.3. The fourth-order valence-corrected chi connectivity index (χ4v) is 5.87. The molecule has 0 unspecified atom stereocenters. The zero-order chi connectivity index (χ0) is 28.9. The van der Waals surface area contributed by atoms with Gasteiger partial charge in [0.15, 0.2) is 5.13 Å². The second kappa shape index (κ2) is 12.9. The van der Waals surface area contributed by atoms with Crippen molar-refractivity contribution in [2.24, 2.45) is 0 Å². The Morgan fingerprint density at radius 2 is 1.71 bits per heavy atom. The van der Waals surface area contributed by atoms with Crippen molar-refractivity contribution in [3.8, 4) is 33.3 Å². The van der Waals surface area contributed by atoms with Crippen LogP contribution in [0.3, 0.4) is 0 Å². The molecular weight excluding hydrogens is 552 g/mol. The molecule has 2 aliphatic rings. The summed E-state index contributed by atoms with van der Waals surface area (Å²) >= 11 is 1.59. The van der Waals surface area contributed by atoms with Crippen molar-refractivity contribution in [3.05, 3.63) is 48.8 Å². The lowest BCUT2D eigenvalue weighted by atomic mass is 10.1. The van der Waals surface area contributed by atoms with Crippen LogP contribution in [0.4, 0.5) is 22.6 Å². The molecule has 1 aliphatic heterocycles. The molecule has 6 rings (SSSR count). The number of piperazine rings is 1. The van der Waals surface area contributed by atoms with Crippen molar-refractivity contribution in [1.82, 2.24) is 24.8 Å². The Kier molecular flexibility index (Phi) is 8.63. The van der Waals surface area contributed by atoms with Crippen molar-refractivity contribution in [2.45, 2.75) is 18.9 Å². The van der Waals surface area contributed by atoms with E-state index in [1.165, 1.54) is 0 Å². The monoisotopic (exact) mass is 588 g/mol. The van der Waals surface area contributed by atoms with Crippen LogP contribution in [0.5, 0.6) is 11.5 Å². The molecule has 220 valence electrons. The van der Waals surface area contributed by atoms with Gasteiger partial charge in [-0.1, -0.05) is 11.3 Å². The minimum Gasteiger partial charge on any atom is -0.497 e. The van der Waals surface area contributed by atoms with Crippen LogP contribution in [0, 0.1) is 0 Å². The molecule has 1 aliphatic carbocycles. The Bertz CT molecular complexity index is 1460. The third-order valence-electron chi connectivity index (χ3n) is 7.36. The molecule has 2 fully saturated rings. The number of hydrogen-bond acceptors (Lipinski definition) is 12. The highest BCUT2D eigenvalue weighted by Gasteiger charge is 2.25. The summed E-state index contributed by atoms with van der Waals surface area (Å²) in [5.41, 5.74) is 3.32. The molecule has 0 atom stereocenters. The number of thiazole rings is 1. The summed E-state index contributed by atoms with van der Waals surface area (Å²) < 4.78 is 16.3. The summed E-state index contributed by atoms with van der Waals surface area (Å²) in [6.07, 6.45) is 5.92. The van der Waals surface area contributed by atoms with E-state index in [9.17, 15) is 0 Å². The van der Waals surface area contributed by atoms with Gasteiger partial charge in [0.05, 0.1) is 49.0 Å². The number of anilines is 4. The standard InChI is InChI=1S/C30H36N8O3S/c1-39-15-14-37-10-12-38(13-11-37)26-7-6-22(19-32-26)33-29-31-9-8-25(35-29)28-27(36-30(42-28)34-21-4-5-21)20-16-23(40-2)18-24(17-20)41-3/h6-9,16-19,21H,4-5,10-15H2,1-3H3,(H,34,36)(H,31,33,35). The normalized spacial score (nSPS) is 15.5. The molecule has 11 nitrogen and oxygen atoms in total. The summed E-state index contributed by atoms with van der Waals surface area (Å²) in [4.78, 5) is 24.7. The van der Waals surface area contributed by atoms with E-state index in [0.29, 0.717) is 23.5 Å². The van der Waals surface area contributed by atoms with Gasteiger partial charge in [-0.2, -0.15) is 0 Å². The van der Waals surface area contributed by atoms with Gasteiger partial charge < -0.3 is 29.7 Å². The van der Waals surface area contributed by atoms with Gasteiger partial charge in [-0.15, -0.1) is 0 Å². The number of aromatic nitrogens is 4. The zero-order valence-corrected chi connectivity index (χ0v) is 25.0. The van der Waals surface area contributed by atoms with Crippen LogP contribution in [-0.2, 0) is 4.74 Å². The van der Waals surface area contributed by atoms with E-state index >= 15 is 0 Å². The van der Waals surface area contributed by atoms with Crippen LogP contribution in [0.2, 0.25) is 0 Å². The molecule has 4 heterocycles. The number of benzene rings is 1. The molecule has 2 N–H and O–H groups in total. The predicted octanol–water partition coefficient (Wildman–Crippen LogP) is 4.77. The predicted molar refractivity (Wildman–Crippen MR) is 166 cm³/mol. The van der Waals surface area contributed by atoms with Gasteiger partial charge in [0.2, 0.25) is 5.95 Å². The molecule has 4 aromatic rings. The smallest absolute Gasteiger partial charge is 0.227 e. The molecule has 1 saturated carbocycles. The highest BCUT2D eigenvalue weighted by Crippen LogP contribution is 2.42. The van der Waals surface area contributed by atoms with Gasteiger partial charge in [0.1, 0.15) is 17.3 Å². The SMILES string of the molecule is COCCN1CCN(c2ccc(Nc3nccc(-c4sc(NC5CC5)nc4-c4cc(OC)cc(OC)c4)n3)cn2)CC1. The molecule has 1 aromatic carbocycles. The maximum Gasteiger partial charge on any atom is 0.227 e. The van der Waals surface area contributed by atoms with Crippen LogP contribution in [0.1, 0.15) is 12.8 Å². The van der Waals surface area contributed by atoms with E-state index < -0.39 is 0 Å². The van der Waals surface area contributed by atoms with Crippen LogP contribution < -0.4 is 25.0 Å². The highest BCUT2D eigenvalue weighted by atomic mass is 32.1. The van der Waals surface area contributed by atoms with E-state index in [2.05, 4.69) is 25.4 Å². The molecule has 0 amide bonds. The van der Waals surface area contributed by atoms with Crippen LogP contribution in [0.15, 0.2) is 48.8 Å². The fraction of sp³-hybridized carbons (Fsp3) is 0.400. The topological polar surface area (TPSA) is 110 Å². The van der Waals surface area contributed by atoms with Gasteiger partial charge in [-0.3, -0.25) is 4.90 Å². The number of ether oxygens (including phenoxy) is 3. The van der Waals surface area contributed by atoms with Gasteiger partial charge in [0.25, 0.3) is 0 Å². The van der Waals surface area contributed by atoms with Crippen molar-refractivity contribution in [1.29, 1.82) is 0 Å².